The summed E-state index contributed by atoms with van der Waals surface area (Å²) in [6, 6.07) is 4.49. The molecule has 0 fully saturated rings. The number of unbranched alkanes of at least 4 members (excludes halogenated alkanes) is 2. The lowest BCUT2D eigenvalue weighted by Gasteiger charge is -2.09. The van der Waals surface area contributed by atoms with Crippen molar-refractivity contribution in [3.05, 3.63) is 23.2 Å². The monoisotopic (exact) mass is 305 g/mol. The van der Waals surface area contributed by atoms with Gasteiger partial charge in [-0.25, -0.2) is 13.1 Å². The van der Waals surface area contributed by atoms with Crippen LogP contribution in [-0.4, -0.2) is 21.6 Å². The average molecular weight is 306 g/mol. The molecule has 4 nitrogen and oxygen atoms in total. The second-order valence-corrected chi connectivity index (χ2v) is 6.30. The molecule has 19 heavy (non-hydrogen) atoms. The molecule has 0 bridgehead atoms. The van der Waals surface area contributed by atoms with Crippen LogP contribution in [-0.2, 0) is 10.0 Å². The summed E-state index contributed by atoms with van der Waals surface area (Å²) < 4.78 is 31.8. The van der Waals surface area contributed by atoms with Crippen LogP contribution in [0.25, 0.3) is 0 Å². The Balaban J connectivity index is 2.75. The summed E-state index contributed by atoms with van der Waals surface area (Å²) in [5.41, 5.74) is 0. The average Bonchev–Trinajstić information content (AvgIpc) is 2.37. The van der Waals surface area contributed by atoms with Crippen molar-refractivity contribution in [2.75, 3.05) is 13.2 Å². The third-order valence-electron chi connectivity index (χ3n) is 2.59. The lowest BCUT2D eigenvalue weighted by Crippen LogP contribution is -2.24. The Morgan fingerprint density at radius 3 is 2.58 bits per heavy atom. The molecule has 108 valence electrons. The minimum absolute atomic E-state index is 0.164. The van der Waals surface area contributed by atoms with E-state index < -0.39 is 10.0 Å². The van der Waals surface area contributed by atoms with Gasteiger partial charge in [-0.1, -0.05) is 31.4 Å². The van der Waals surface area contributed by atoms with Crippen molar-refractivity contribution < 1.29 is 13.2 Å². The van der Waals surface area contributed by atoms with Gasteiger partial charge in [-0.3, -0.25) is 0 Å². The first kappa shape index (κ1) is 16.3. The highest BCUT2D eigenvalue weighted by Gasteiger charge is 2.15. The Morgan fingerprint density at radius 1 is 1.26 bits per heavy atom. The van der Waals surface area contributed by atoms with Crippen LogP contribution in [0.2, 0.25) is 5.02 Å². The van der Waals surface area contributed by atoms with E-state index in [1.807, 2.05) is 6.92 Å². The molecule has 6 heteroatoms. The largest absolute Gasteiger partial charge is 0.492 e. The van der Waals surface area contributed by atoms with Gasteiger partial charge in [0.15, 0.2) is 0 Å². The standard InChI is InChI=1S/C13H20ClNO3S/c1-3-5-6-9-15-19(16,17)11-7-8-13(18-4-2)12(14)10-11/h7-8,10,15H,3-6,9H2,1-2H3. The van der Waals surface area contributed by atoms with Crippen molar-refractivity contribution in [3.63, 3.8) is 0 Å². The van der Waals surface area contributed by atoms with Crippen molar-refractivity contribution in [1.29, 1.82) is 0 Å². The van der Waals surface area contributed by atoms with Gasteiger partial charge in [-0.15, -0.1) is 0 Å². The molecule has 0 aliphatic rings. The van der Waals surface area contributed by atoms with Crippen molar-refractivity contribution in [2.24, 2.45) is 0 Å². The van der Waals surface area contributed by atoms with Crippen molar-refractivity contribution in [2.45, 2.75) is 38.0 Å². The van der Waals surface area contributed by atoms with Gasteiger partial charge in [0.2, 0.25) is 10.0 Å². The van der Waals surface area contributed by atoms with E-state index in [-0.39, 0.29) is 4.90 Å². The number of rotatable bonds is 8. The Bertz CT molecular complexity index is 503. The Kier molecular flexibility index (Phi) is 6.62. The quantitative estimate of drug-likeness (QED) is 0.750. The van der Waals surface area contributed by atoms with E-state index in [0.717, 1.165) is 19.3 Å². The SMILES string of the molecule is CCCCCNS(=O)(=O)c1ccc(OCC)c(Cl)c1. The molecule has 0 aliphatic heterocycles. The highest BCUT2D eigenvalue weighted by atomic mass is 35.5. The molecule has 0 heterocycles. The molecule has 0 atom stereocenters. The first-order valence-corrected chi connectivity index (χ1v) is 8.29. The van der Waals surface area contributed by atoms with Crippen LogP contribution in [0.1, 0.15) is 33.1 Å². The molecule has 1 aromatic rings. The predicted molar refractivity (Wildman–Crippen MR) is 77.3 cm³/mol. The van der Waals surface area contributed by atoms with E-state index in [1.54, 1.807) is 6.07 Å². The van der Waals surface area contributed by atoms with Gasteiger partial charge in [-0.05, 0) is 31.5 Å². The second-order valence-electron chi connectivity index (χ2n) is 4.13. The van der Waals surface area contributed by atoms with Crippen LogP contribution in [0.3, 0.4) is 0 Å². The van der Waals surface area contributed by atoms with Gasteiger partial charge in [0.05, 0.1) is 16.5 Å². The van der Waals surface area contributed by atoms with Crippen molar-refractivity contribution >= 4 is 21.6 Å². The first-order chi connectivity index (χ1) is 9.01. The first-order valence-electron chi connectivity index (χ1n) is 6.43. The maximum Gasteiger partial charge on any atom is 0.240 e. The van der Waals surface area contributed by atoms with Crippen LogP contribution in [0.5, 0.6) is 5.75 Å². The minimum Gasteiger partial charge on any atom is -0.492 e. The van der Waals surface area contributed by atoms with Gasteiger partial charge in [0, 0.05) is 6.54 Å². The zero-order chi connectivity index (χ0) is 14.3. The summed E-state index contributed by atoms with van der Waals surface area (Å²) in [7, 11) is -3.48. The molecular weight excluding hydrogens is 286 g/mol. The van der Waals surface area contributed by atoms with E-state index in [4.69, 9.17) is 16.3 Å². The molecule has 1 rings (SSSR count). The van der Waals surface area contributed by atoms with Crippen molar-refractivity contribution in [3.8, 4) is 5.75 Å². The topological polar surface area (TPSA) is 55.4 Å². The highest BCUT2D eigenvalue weighted by Crippen LogP contribution is 2.27. The minimum atomic E-state index is -3.48. The molecule has 0 saturated carbocycles. The number of nitrogens with one attached hydrogen (secondary N) is 1. The lowest BCUT2D eigenvalue weighted by molar-refractivity contribution is 0.340. The Labute approximate surface area is 120 Å². The molecule has 0 radical (unpaired) electrons. The molecule has 1 aromatic carbocycles. The number of benzene rings is 1. The smallest absolute Gasteiger partial charge is 0.240 e. The normalized spacial score (nSPS) is 11.5. The zero-order valence-corrected chi connectivity index (χ0v) is 12.9. The molecular formula is C13H20ClNO3S. The number of hydrogen-bond acceptors (Lipinski definition) is 3. The van der Waals surface area contributed by atoms with E-state index in [9.17, 15) is 8.42 Å². The fourth-order valence-electron chi connectivity index (χ4n) is 1.59. The molecule has 1 N–H and O–H groups in total. The van der Waals surface area contributed by atoms with E-state index in [2.05, 4.69) is 11.6 Å². The third kappa shape index (κ3) is 5.01. The maximum atomic E-state index is 12.0. The van der Waals surface area contributed by atoms with Crippen LogP contribution in [0.15, 0.2) is 23.1 Å². The molecule has 0 unspecified atom stereocenters. The van der Waals surface area contributed by atoms with Gasteiger partial charge >= 0.3 is 0 Å². The van der Waals surface area contributed by atoms with Gasteiger partial charge in [0.1, 0.15) is 5.75 Å². The van der Waals surface area contributed by atoms with E-state index in [0.29, 0.717) is 23.9 Å². The summed E-state index contributed by atoms with van der Waals surface area (Å²) in [5.74, 6) is 0.495. The molecule has 0 spiro atoms. The van der Waals surface area contributed by atoms with Gasteiger partial charge < -0.3 is 4.74 Å². The van der Waals surface area contributed by atoms with Crippen LogP contribution < -0.4 is 9.46 Å². The molecule has 0 amide bonds. The molecule has 0 aliphatic carbocycles. The summed E-state index contributed by atoms with van der Waals surface area (Å²) in [6.07, 6.45) is 2.89. The summed E-state index contributed by atoms with van der Waals surface area (Å²) >= 11 is 5.98. The number of sulfonamides is 1. The Morgan fingerprint density at radius 2 is 2.00 bits per heavy atom. The van der Waals surface area contributed by atoms with Crippen LogP contribution >= 0.6 is 11.6 Å². The molecule has 0 aromatic heterocycles. The summed E-state index contributed by atoms with van der Waals surface area (Å²) in [5, 5.41) is 0.304. The van der Waals surface area contributed by atoms with Gasteiger partial charge in [-0.2, -0.15) is 0 Å². The van der Waals surface area contributed by atoms with Crippen molar-refractivity contribution in [1.82, 2.24) is 4.72 Å². The summed E-state index contributed by atoms with van der Waals surface area (Å²) in [6.45, 7) is 4.85. The van der Waals surface area contributed by atoms with E-state index in [1.165, 1.54) is 12.1 Å². The highest BCUT2D eigenvalue weighted by molar-refractivity contribution is 7.89. The second kappa shape index (κ2) is 7.72. The molecule has 0 saturated heterocycles. The third-order valence-corrected chi connectivity index (χ3v) is 4.34. The Hall–Kier alpha value is -0.780. The zero-order valence-electron chi connectivity index (χ0n) is 11.3. The number of hydrogen-bond donors (Lipinski definition) is 1. The van der Waals surface area contributed by atoms with Gasteiger partial charge in [0.25, 0.3) is 0 Å². The summed E-state index contributed by atoms with van der Waals surface area (Å²) in [4.78, 5) is 0.164. The number of halogens is 1. The number of ether oxygens (including phenoxy) is 1. The fourth-order valence-corrected chi connectivity index (χ4v) is 2.99. The van der Waals surface area contributed by atoms with E-state index >= 15 is 0 Å². The lowest BCUT2D eigenvalue weighted by atomic mass is 10.3. The predicted octanol–water partition coefficient (Wildman–Crippen LogP) is 3.21. The fraction of sp³-hybridized carbons (Fsp3) is 0.538. The van der Waals surface area contributed by atoms with Crippen LogP contribution in [0, 0.1) is 0 Å². The van der Waals surface area contributed by atoms with Crippen LogP contribution in [0.4, 0.5) is 0 Å². The maximum absolute atomic E-state index is 12.0.